The quantitative estimate of drug-likeness (QED) is 0.722. The van der Waals surface area contributed by atoms with Gasteiger partial charge in [0.05, 0.1) is 40.7 Å². The Balaban J connectivity index is 1.93. The minimum absolute atomic E-state index is 0.0686. The zero-order valence-corrected chi connectivity index (χ0v) is 12.5. The summed E-state index contributed by atoms with van der Waals surface area (Å²) >= 11 is 3.40. The Bertz CT molecular complexity index is 360. The minimum atomic E-state index is -2.93. The maximum atomic E-state index is 11.5. The highest BCUT2D eigenvalue weighted by Crippen LogP contribution is 2.28. The summed E-state index contributed by atoms with van der Waals surface area (Å²) in [5, 5.41) is 0. The average molecular weight is 327 g/mol. The fraction of sp³-hybridized carbons (Fsp3) is 1.00. The molecule has 2 aliphatic rings. The molecule has 4 atom stereocenters. The van der Waals surface area contributed by atoms with Crippen LogP contribution >= 0.6 is 15.9 Å². The Hall–Kier alpha value is 0.350. The number of halogens is 1. The fourth-order valence-electron chi connectivity index (χ4n) is 2.60. The molecule has 0 aromatic carbocycles. The van der Waals surface area contributed by atoms with Gasteiger partial charge in [0.1, 0.15) is 0 Å². The van der Waals surface area contributed by atoms with Crippen molar-refractivity contribution in [2.24, 2.45) is 0 Å². The van der Waals surface area contributed by atoms with Crippen molar-refractivity contribution >= 4 is 25.8 Å². The van der Waals surface area contributed by atoms with Crippen LogP contribution in [0.25, 0.3) is 0 Å². The maximum Gasteiger partial charge on any atom is 0.154 e. The van der Waals surface area contributed by atoms with E-state index in [1.807, 2.05) is 13.8 Å². The van der Waals surface area contributed by atoms with Crippen LogP contribution < -0.4 is 0 Å². The number of ether oxygens (including phenoxy) is 2. The van der Waals surface area contributed by atoms with Gasteiger partial charge in [-0.05, 0) is 26.7 Å². The van der Waals surface area contributed by atoms with Crippen molar-refractivity contribution in [2.45, 2.75) is 55.9 Å². The van der Waals surface area contributed by atoms with E-state index in [9.17, 15) is 8.42 Å². The van der Waals surface area contributed by atoms with Crippen molar-refractivity contribution in [1.29, 1.82) is 0 Å². The van der Waals surface area contributed by atoms with Crippen LogP contribution in [0, 0.1) is 0 Å². The molecule has 6 heteroatoms. The largest absolute Gasteiger partial charge is 0.375 e. The predicted octanol–water partition coefficient (Wildman–Crippen LogP) is 1.52. The normalized spacial score (nSPS) is 45.9. The van der Waals surface area contributed by atoms with Crippen molar-refractivity contribution in [3.8, 4) is 0 Å². The monoisotopic (exact) mass is 326 g/mol. The van der Waals surface area contributed by atoms with Crippen LogP contribution in [-0.2, 0) is 19.3 Å². The van der Waals surface area contributed by atoms with Gasteiger partial charge in [0.25, 0.3) is 0 Å². The van der Waals surface area contributed by atoms with E-state index in [4.69, 9.17) is 9.47 Å². The highest BCUT2D eigenvalue weighted by atomic mass is 79.9. The van der Waals surface area contributed by atoms with Gasteiger partial charge in [-0.25, -0.2) is 8.42 Å². The lowest BCUT2D eigenvalue weighted by molar-refractivity contribution is -0.115. The molecule has 0 aromatic heterocycles. The Kier molecular flexibility index (Phi) is 4.17. The zero-order chi connectivity index (χ0) is 12.6. The van der Waals surface area contributed by atoms with Crippen molar-refractivity contribution < 1.29 is 17.9 Å². The van der Waals surface area contributed by atoms with E-state index in [1.54, 1.807) is 0 Å². The molecule has 0 aromatic rings. The van der Waals surface area contributed by atoms with Crippen LogP contribution in [0.2, 0.25) is 0 Å². The Morgan fingerprint density at radius 1 is 1.18 bits per heavy atom. The number of hydrogen-bond acceptors (Lipinski definition) is 4. The second kappa shape index (κ2) is 5.15. The van der Waals surface area contributed by atoms with Gasteiger partial charge < -0.3 is 9.47 Å². The van der Waals surface area contributed by atoms with Crippen molar-refractivity contribution in [3.63, 3.8) is 0 Å². The van der Waals surface area contributed by atoms with Gasteiger partial charge >= 0.3 is 0 Å². The third kappa shape index (κ3) is 3.66. The average Bonchev–Trinajstić information content (AvgIpc) is 2.37. The Labute approximate surface area is 111 Å². The summed E-state index contributed by atoms with van der Waals surface area (Å²) in [7, 11) is -2.93. The SMILES string of the molecule is CC1CC(OC2CS(=O)(=O)CC2Br)CC(C)O1. The molecular weight excluding hydrogens is 308 g/mol. The van der Waals surface area contributed by atoms with Crippen LogP contribution in [0.15, 0.2) is 0 Å². The van der Waals surface area contributed by atoms with Crippen LogP contribution in [-0.4, -0.2) is 49.2 Å². The number of hydrogen-bond donors (Lipinski definition) is 0. The molecule has 4 unspecified atom stereocenters. The molecule has 0 spiro atoms. The summed E-state index contributed by atoms with van der Waals surface area (Å²) in [6.45, 7) is 4.06. The molecule has 2 fully saturated rings. The molecule has 0 aliphatic carbocycles. The van der Waals surface area contributed by atoms with E-state index < -0.39 is 9.84 Å². The second-order valence-corrected chi connectivity index (χ2v) is 8.45. The lowest BCUT2D eigenvalue weighted by atomic mass is 10.0. The minimum Gasteiger partial charge on any atom is -0.375 e. The van der Waals surface area contributed by atoms with Crippen LogP contribution in [0.1, 0.15) is 26.7 Å². The van der Waals surface area contributed by atoms with Gasteiger partial charge in [0.15, 0.2) is 9.84 Å². The summed E-state index contributed by atoms with van der Waals surface area (Å²) in [4.78, 5) is -0.0686. The first-order valence-corrected chi connectivity index (χ1v) is 8.75. The number of sulfone groups is 1. The van der Waals surface area contributed by atoms with Crippen molar-refractivity contribution in [2.75, 3.05) is 11.5 Å². The van der Waals surface area contributed by atoms with Gasteiger partial charge in [-0.2, -0.15) is 0 Å². The highest BCUT2D eigenvalue weighted by Gasteiger charge is 2.39. The molecule has 100 valence electrons. The summed E-state index contributed by atoms with van der Waals surface area (Å²) < 4.78 is 34.5. The molecule has 2 saturated heterocycles. The van der Waals surface area contributed by atoms with Crippen LogP contribution in [0.3, 0.4) is 0 Å². The highest BCUT2D eigenvalue weighted by molar-refractivity contribution is 9.09. The molecule has 2 aliphatic heterocycles. The molecule has 17 heavy (non-hydrogen) atoms. The Morgan fingerprint density at radius 2 is 1.76 bits per heavy atom. The number of alkyl halides is 1. The van der Waals surface area contributed by atoms with Gasteiger partial charge in [0, 0.05) is 0 Å². The molecule has 4 nitrogen and oxygen atoms in total. The predicted molar refractivity (Wildman–Crippen MR) is 69.3 cm³/mol. The van der Waals surface area contributed by atoms with Gasteiger partial charge in [-0.1, -0.05) is 15.9 Å². The van der Waals surface area contributed by atoms with Crippen molar-refractivity contribution in [3.05, 3.63) is 0 Å². The molecule has 0 N–H and O–H groups in total. The van der Waals surface area contributed by atoms with E-state index >= 15 is 0 Å². The van der Waals surface area contributed by atoms with E-state index in [1.165, 1.54) is 0 Å². The zero-order valence-electron chi connectivity index (χ0n) is 10.1. The maximum absolute atomic E-state index is 11.5. The molecule has 2 rings (SSSR count). The van der Waals surface area contributed by atoms with Gasteiger partial charge in [-0.15, -0.1) is 0 Å². The van der Waals surface area contributed by atoms with E-state index in [2.05, 4.69) is 15.9 Å². The molecule has 2 heterocycles. The van der Waals surface area contributed by atoms with E-state index in [0.29, 0.717) is 0 Å². The first kappa shape index (κ1) is 13.8. The van der Waals surface area contributed by atoms with Crippen LogP contribution in [0.5, 0.6) is 0 Å². The third-order valence-electron chi connectivity index (χ3n) is 3.26. The van der Waals surface area contributed by atoms with Crippen molar-refractivity contribution in [1.82, 2.24) is 0 Å². The summed E-state index contributed by atoms with van der Waals surface area (Å²) in [5.41, 5.74) is 0. The van der Waals surface area contributed by atoms with Gasteiger partial charge in [-0.3, -0.25) is 0 Å². The second-order valence-electron chi connectivity index (χ2n) is 5.12. The Morgan fingerprint density at radius 3 is 2.24 bits per heavy atom. The van der Waals surface area contributed by atoms with E-state index in [-0.39, 0.29) is 40.7 Å². The third-order valence-corrected chi connectivity index (χ3v) is 6.30. The first-order valence-electron chi connectivity index (χ1n) is 6.01. The molecule has 0 saturated carbocycles. The van der Waals surface area contributed by atoms with Crippen LogP contribution in [0.4, 0.5) is 0 Å². The first-order chi connectivity index (χ1) is 7.85. The number of rotatable bonds is 2. The van der Waals surface area contributed by atoms with Gasteiger partial charge in [0.2, 0.25) is 0 Å². The molecule has 0 amide bonds. The summed E-state index contributed by atoms with van der Waals surface area (Å²) in [6.07, 6.45) is 1.99. The molecule has 0 bridgehead atoms. The van der Waals surface area contributed by atoms with E-state index in [0.717, 1.165) is 12.8 Å². The molecule has 0 radical (unpaired) electrons. The summed E-state index contributed by atoms with van der Waals surface area (Å²) in [6, 6.07) is 0. The fourth-order valence-corrected chi connectivity index (χ4v) is 6.01. The smallest absolute Gasteiger partial charge is 0.154 e. The lowest BCUT2D eigenvalue weighted by Crippen LogP contribution is -2.38. The summed E-state index contributed by atoms with van der Waals surface area (Å²) in [5.74, 6) is 0.328. The topological polar surface area (TPSA) is 52.6 Å². The standard InChI is InChI=1S/C11H19BrO4S/c1-7-3-9(4-8(2)15-7)16-11-6-17(13,14)5-10(11)12/h7-11H,3-6H2,1-2H3. The molecular formula is C11H19BrO4S. The lowest BCUT2D eigenvalue weighted by Gasteiger charge is -2.33.